The minimum absolute atomic E-state index is 0.0584. The molecule has 0 bridgehead atoms. The van der Waals surface area contributed by atoms with Gasteiger partial charge in [-0.15, -0.1) is 0 Å². The van der Waals surface area contributed by atoms with Crippen molar-refractivity contribution in [3.8, 4) is 0 Å². The van der Waals surface area contributed by atoms with Crippen LogP contribution in [0.3, 0.4) is 0 Å². The van der Waals surface area contributed by atoms with Crippen molar-refractivity contribution in [2.24, 2.45) is 0 Å². The zero-order valence-corrected chi connectivity index (χ0v) is 17.6. The molecule has 2 amide bonds. The van der Waals surface area contributed by atoms with Gasteiger partial charge in [-0.25, -0.2) is 4.39 Å². The highest BCUT2D eigenvalue weighted by molar-refractivity contribution is 5.92. The molecule has 2 rings (SSSR count). The van der Waals surface area contributed by atoms with Crippen molar-refractivity contribution in [1.29, 1.82) is 0 Å². The van der Waals surface area contributed by atoms with Gasteiger partial charge in [-0.2, -0.15) is 0 Å². The van der Waals surface area contributed by atoms with E-state index in [1.807, 2.05) is 31.2 Å². The summed E-state index contributed by atoms with van der Waals surface area (Å²) in [4.78, 5) is 26.3. The molecular weight excluding hydrogens is 369 g/mol. The summed E-state index contributed by atoms with van der Waals surface area (Å²) >= 11 is 0. The number of benzene rings is 2. The molecule has 0 aliphatic carbocycles. The Kier molecular flexibility index (Phi) is 7.91. The number of amides is 2. The zero-order chi connectivity index (χ0) is 21.4. The molecule has 0 heterocycles. The highest BCUT2D eigenvalue weighted by Crippen LogP contribution is 2.23. The summed E-state index contributed by atoms with van der Waals surface area (Å²) in [5.74, 6) is -0.656. The summed E-state index contributed by atoms with van der Waals surface area (Å²) in [5.41, 5.74) is 2.81. The molecule has 0 radical (unpaired) electrons. The first-order valence-electron chi connectivity index (χ1n) is 9.81. The van der Waals surface area contributed by atoms with Crippen LogP contribution in [0.2, 0.25) is 0 Å². The minimum Gasteiger partial charge on any atom is -0.351 e. The molecule has 6 heteroatoms. The molecule has 0 aliphatic heterocycles. The molecule has 0 saturated heterocycles. The first-order valence-corrected chi connectivity index (χ1v) is 9.81. The van der Waals surface area contributed by atoms with Gasteiger partial charge in [-0.05, 0) is 47.4 Å². The molecule has 0 spiro atoms. The summed E-state index contributed by atoms with van der Waals surface area (Å²) in [6.07, 6.45) is 0. The lowest BCUT2D eigenvalue weighted by atomic mass is 9.87. The normalized spacial score (nSPS) is 11.4. The summed E-state index contributed by atoms with van der Waals surface area (Å²) < 4.78 is 12.9. The maximum Gasteiger partial charge on any atom is 0.238 e. The van der Waals surface area contributed by atoms with E-state index >= 15 is 0 Å². The monoisotopic (exact) mass is 399 g/mol. The maximum absolute atomic E-state index is 12.9. The fraction of sp³-hybridized carbons (Fsp3) is 0.391. The number of anilines is 1. The van der Waals surface area contributed by atoms with Crippen LogP contribution in [-0.4, -0.2) is 36.3 Å². The maximum atomic E-state index is 12.9. The third kappa shape index (κ3) is 7.66. The van der Waals surface area contributed by atoms with E-state index in [1.54, 1.807) is 17.0 Å². The first kappa shape index (κ1) is 22.6. The Morgan fingerprint density at radius 3 is 2.07 bits per heavy atom. The van der Waals surface area contributed by atoms with Crippen LogP contribution in [0.4, 0.5) is 10.1 Å². The smallest absolute Gasteiger partial charge is 0.238 e. The first-order chi connectivity index (χ1) is 13.7. The van der Waals surface area contributed by atoms with Crippen LogP contribution in [0, 0.1) is 5.82 Å². The van der Waals surface area contributed by atoms with Crippen molar-refractivity contribution in [3.05, 3.63) is 65.5 Å². The number of likely N-dealkylation sites (N-methyl/N-ethyl adjacent to an activating group) is 1. The number of hydrogen-bond donors (Lipinski definition) is 2. The predicted molar refractivity (Wildman–Crippen MR) is 114 cm³/mol. The fourth-order valence-corrected chi connectivity index (χ4v) is 2.80. The number of nitrogens with one attached hydrogen (secondary N) is 2. The van der Waals surface area contributed by atoms with E-state index in [9.17, 15) is 14.0 Å². The SMILES string of the molecule is CCN(CC(=O)NCc1ccc(F)cc1)CC(=O)Nc1ccc(C(C)(C)C)cc1. The average Bonchev–Trinajstić information content (AvgIpc) is 2.66. The quantitative estimate of drug-likeness (QED) is 0.712. The van der Waals surface area contributed by atoms with Crippen molar-refractivity contribution in [3.63, 3.8) is 0 Å². The fourth-order valence-electron chi connectivity index (χ4n) is 2.80. The Bertz CT molecular complexity index is 812. The van der Waals surface area contributed by atoms with Gasteiger partial charge in [0.25, 0.3) is 0 Å². The molecule has 5 nitrogen and oxygen atoms in total. The van der Waals surface area contributed by atoms with Gasteiger partial charge in [-0.1, -0.05) is 52.0 Å². The third-order valence-corrected chi connectivity index (χ3v) is 4.62. The summed E-state index contributed by atoms with van der Waals surface area (Å²) in [7, 11) is 0. The molecule has 0 saturated carbocycles. The van der Waals surface area contributed by atoms with Crippen LogP contribution >= 0.6 is 0 Å². The van der Waals surface area contributed by atoms with Crippen molar-refractivity contribution < 1.29 is 14.0 Å². The second kappa shape index (κ2) is 10.2. The third-order valence-electron chi connectivity index (χ3n) is 4.62. The highest BCUT2D eigenvalue weighted by atomic mass is 19.1. The van der Waals surface area contributed by atoms with Crippen LogP contribution in [0.1, 0.15) is 38.8 Å². The van der Waals surface area contributed by atoms with Crippen LogP contribution in [0.15, 0.2) is 48.5 Å². The van der Waals surface area contributed by atoms with E-state index in [1.165, 1.54) is 17.7 Å². The van der Waals surface area contributed by atoms with Gasteiger partial charge in [0, 0.05) is 12.2 Å². The minimum atomic E-state index is -0.309. The Balaban J connectivity index is 1.81. The summed E-state index contributed by atoms with van der Waals surface area (Å²) in [5, 5.41) is 5.67. The lowest BCUT2D eigenvalue weighted by Gasteiger charge is -2.20. The van der Waals surface area contributed by atoms with Crippen molar-refractivity contribution in [2.75, 3.05) is 25.0 Å². The van der Waals surface area contributed by atoms with E-state index in [4.69, 9.17) is 0 Å². The molecule has 156 valence electrons. The Morgan fingerprint density at radius 2 is 1.52 bits per heavy atom. The number of carbonyl (C=O) groups is 2. The van der Waals surface area contributed by atoms with Crippen molar-refractivity contribution >= 4 is 17.5 Å². The van der Waals surface area contributed by atoms with E-state index in [2.05, 4.69) is 31.4 Å². The van der Waals surface area contributed by atoms with E-state index in [0.717, 1.165) is 11.3 Å². The topological polar surface area (TPSA) is 61.4 Å². The number of rotatable bonds is 8. The molecular formula is C23H30FN3O2. The van der Waals surface area contributed by atoms with Crippen LogP contribution in [-0.2, 0) is 21.5 Å². The van der Waals surface area contributed by atoms with Crippen LogP contribution < -0.4 is 10.6 Å². The van der Waals surface area contributed by atoms with E-state index in [0.29, 0.717) is 13.1 Å². The number of halogens is 1. The molecule has 0 aliphatic rings. The van der Waals surface area contributed by atoms with Gasteiger partial charge in [-0.3, -0.25) is 14.5 Å². The second-order valence-electron chi connectivity index (χ2n) is 8.08. The molecule has 0 unspecified atom stereocenters. The Hall–Kier alpha value is -2.73. The van der Waals surface area contributed by atoms with Crippen LogP contribution in [0.25, 0.3) is 0 Å². The standard InChI is InChI=1S/C23H30FN3O2/c1-5-27(15-21(28)25-14-17-6-10-19(24)11-7-17)16-22(29)26-20-12-8-18(9-13-20)23(2,3)4/h6-13H,5,14-16H2,1-4H3,(H,25,28)(H,26,29). The second-order valence-corrected chi connectivity index (χ2v) is 8.08. The van der Waals surface area contributed by atoms with Gasteiger partial charge in [0.15, 0.2) is 0 Å². The Labute approximate surface area is 172 Å². The Morgan fingerprint density at radius 1 is 0.931 bits per heavy atom. The average molecular weight is 400 g/mol. The summed E-state index contributed by atoms with van der Waals surface area (Å²) in [6.45, 7) is 9.46. The largest absolute Gasteiger partial charge is 0.351 e. The number of carbonyl (C=O) groups excluding carboxylic acids is 2. The van der Waals surface area contributed by atoms with Crippen LogP contribution in [0.5, 0.6) is 0 Å². The van der Waals surface area contributed by atoms with E-state index < -0.39 is 0 Å². The van der Waals surface area contributed by atoms with Crippen molar-refractivity contribution in [2.45, 2.75) is 39.7 Å². The molecule has 0 aromatic heterocycles. The lowest BCUT2D eigenvalue weighted by Crippen LogP contribution is -2.40. The number of hydrogen-bond acceptors (Lipinski definition) is 3. The van der Waals surface area contributed by atoms with Gasteiger partial charge in [0.2, 0.25) is 11.8 Å². The van der Waals surface area contributed by atoms with E-state index in [-0.39, 0.29) is 36.1 Å². The summed E-state index contributed by atoms with van der Waals surface area (Å²) in [6, 6.07) is 13.8. The highest BCUT2D eigenvalue weighted by Gasteiger charge is 2.15. The predicted octanol–water partition coefficient (Wildman–Crippen LogP) is 3.70. The molecule has 0 fully saturated rings. The van der Waals surface area contributed by atoms with Gasteiger partial charge in [0.05, 0.1) is 13.1 Å². The van der Waals surface area contributed by atoms with Gasteiger partial charge < -0.3 is 10.6 Å². The van der Waals surface area contributed by atoms with Crippen molar-refractivity contribution in [1.82, 2.24) is 10.2 Å². The molecule has 2 aromatic rings. The number of nitrogens with zero attached hydrogens (tertiary/aromatic N) is 1. The van der Waals surface area contributed by atoms with Gasteiger partial charge >= 0.3 is 0 Å². The van der Waals surface area contributed by atoms with Gasteiger partial charge in [0.1, 0.15) is 5.82 Å². The molecule has 0 atom stereocenters. The molecule has 2 N–H and O–H groups in total. The molecule has 2 aromatic carbocycles. The molecule has 29 heavy (non-hydrogen) atoms. The lowest BCUT2D eigenvalue weighted by molar-refractivity contribution is -0.123. The zero-order valence-electron chi connectivity index (χ0n) is 17.6.